The summed E-state index contributed by atoms with van der Waals surface area (Å²) in [6.07, 6.45) is 2.15. The third-order valence-corrected chi connectivity index (χ3v) is 5.35. The Morgan fingerprint density at radius 3 is 2.48 bits per heavy atom. The Morgan fingerprint density at radius 2 is 1.77 bits per heavy atom. The monoisotopic (exact) mass is 423 g/mol. The first-order chi connectivity index (χ1) is 14.8. The molecule has 3 amide bonds. The summed E-state index contributed by atoms with van der Waals surface area (Å²) in [5.74, 6) is 0.860. The van der Waals surface area contributed by atoms with Crippen molar-refractivity contribution in [2.24, 2.45) is 0 Å². The number of likely N-dealkylation sites (tertiary alicyclic amines) is 1. The summed E-state index contributed by atoms with van der Waals surface area (Å²) in [6, 6.07) is 13.4. The van der Waals surface area contributed by atoms with Crippen molar-refractivity contribution in [1.29, 1.82) is 0 Å². The molecule has 0 spiro atoms. The predicted molar refractivity (Wildman–Crippen MR) is 120 cm³/mol. The Kier molecular flexibility index (Phi) is 5.71. The number of hydrogen-bond donors (Lipinski definition) is 1. The molecule has 0 radical (unpaired) electrons. The number of carbonyl (C=O) groups is 2. The molecular formula is C23H29N5O3. The Morgan fingerprint density at radius 1 is 1.03 bits per heavy atom. The predicted octanol–water partition coefficient (Wildman–Crippen LogP) is 3.76. The molecule has 164 valence electrons. The van der Waals surface area contributed by atoms with Crippen molar-refractivity contribution in [1.82, 2.24) is 15.2 Å². The molecule has 31 heavy (non-hydrogen) atoms. The second kappa shape index (κ2) is 8.45. The molecule has 0 unspecified atom stereocenters. The minimum Gasteiger partial charge on any atom is -0.444 e. The summed E-state index contributed by atoms with van der Waals surface area (Å²) < 4.78 is 5.44. The quantitative estimate of drug-likeness (QED) is 0.796. The summed E-state index contributed by atoms with van der Waals surface area (Å²) in [5, 5.41) is 3.10. The third kappa shape index (κ3) is 4.73. The van der Waals surface area contributed by atoms with Gasteiger partial charge in [-0.2, -0.15) is 0 Å². The number of benzene rings is 1. The van der Waals surface area contributed by atoms with Gasteiger partial charge in [0, 0.05) is 32.4 Å². The summed E-state index contributed by atoms with van der Waals surface area (Å²) in [7, 11) is 0. The molecule has 8 nitrogen and oxygen atoms in total. The van der Waals surface area contributed by atoms with Crippen LogP contribution in [0, 0.1) is 0 Å². The number of amides is 3. The number of ether oxygens (including phenoxy) is 1. The molecule has 1 aromatic heterocycles. The normalized spacial score (nSPS) is 18.5. The SMILES string of the molecule is CC(C)(C)OC(=O)N1CC[C@@H](NC(=O)N2CCN(c3ccccn3)c3ccccc32)C1. The lowest BCUT2D eigenvalue weighted by atomic mass is 10.1. The van der Waals surface area contributed by atoms with Crippen LogP contribution < -0.4 is 15.1 Å². The fourth-order valence-electron chi connectivity index (χ4n) is 3.95. The molecule has 1 atom stereocenters. The van der Waals surface area contributed by atoms with E-state index in [4.69, 9.17) is 4.74 Å². The first kappa shape index (κ1) is 21.0. The average molecular weight is 424 g/mol. The third-order valence-electron chi connectivity index (χ3n) is 5.35. The Hall–Kier alpha value is -3.29. The number of anilines is 3. The number of carbonyl (C=O) groups excluding carboxylic acids is 2. The van der Waals surface area contributed by atoms with E-state index < -0.39 is 5.60 Å². The number of hydrogen-bond acceptors (Lipinski definition) is 5. The van der Waals surface area contributed by atoms with Gasteiger partial charge in [-0.05, 0) is 51.5 Å². The molecule has 8 heteroatoms. The fourth-order valence-corrected chi connectivity index (χ4v) is 3.95. The Balaban J connectivity index is 1.43. The standard InChI is InChI=1S/C23H29N5O3/c1-23(2,3)31-22(30)26-13-11-17(16-26)25-21(29)28-15-14-27(20-10-6-7-12-24-20)18-8-4-5-9-19(18)28/h4-10,12,17H,11,13-16H2,1-3H3,(H,25,29)/t17-/m1/s1. The van der Waals surface area contributed by atoms with E-state index in [2.05, 4.69) is 15.2 Å². The number of fused-ring (bicyclic) bond motifs is 1. The zero-order valence-corrected chi connectivity index (χ0v) is 18.2. The van der Waals surface area contributed by atoms with E-state index in [-0.39, 0.29) is 18.2 Å². The number of aromatic nitrogens is 1. The molecule has 1 aromatic carbocycles. The van der Waals surface area contributed by atoms with Gasteiger partial charge >= 0.3 is 12.1 Å². The first-order valence-corrected chi connectivity index (χ1v) is 10.7. The molecule has 1 fully saturated rings. The van der Waals surface area contributed by atoms with Gasteiger partial charge in [0.2, 0.25) is 0 Å². The molecule has 1 N–H and O–H groups in total. The number of urea groups is 1. The lowest BCUT2D eigenvalue weighted by Crippen LogP contribution is -2.50. The van der Waals surface area contributed by atoms with E-state index in [0.29, 0.717) is 32.6 Å². The van der Waals surface area contributed by atoms with Crippen molar-refractivity contribution in [3.63, 3.8) is 0 Å². The molecule has 3 heterocycles. The van der Waals surface area contributed by atoms with E-state index in [1.807, 2.05) is 63.2 Å². The number of para-hydroxylation sites is 2. The molecular weight excluding hydrogens is 394 g/mol. The van der Waals surface area contributed by atoms with Crippen LogP contribution in [0.25, 0.3) is 0 Å². The smallest absolute Gasteiger partial charge is 0.410 e. The second-order valence-electron chi connectivity index (χ2n) is 8.84. The van der Waals surface area contributed by atoms with Crippen LogP contribution in [-0.4, -0.2) is 59.8 Å². The Labute approximate surface area is 182 Å². The minimum atomic E-state index is -0.532. The number of nitrogens with zero attached hydrogens (tertiary/aromatic N) is 4. The zero-order chi connectivity index (χ0) is 22.0. The highest BCUT2D eigenvalue weighted by atomic mass is 16.6. The van der Waals surface area contributed by atoms with Crippen molar-refractivity contribution in [2.75, 3.05) is 36.0 Å². The van der Waals surface area contributed by atoms with E-state index in [9.17, 15) is 9.59 Å². The maximum atomic E-state index is 13.1. The lowest BCUT2D eigenvalue weighted by Gasteiger charge is -2.37. The first-order valence-electron chi connectivity index (χ1n) is 10.7. The molecule has 4 rings (SSSR count). The van der Waals surface area contributed by atoms with Crippen LogP contribution in [0.5, 0.6) is 0 Å². The van der Waals surface area contributed by atoms with Gasteiger partial charge in [0.15, 0.2) is 0 Å². The largest absolute Gasteiger partial charge is 0.444 e. The highest BCUT2D eigenvalue weighted by molar-refractivity contribution is 5.98. The number of nitrogens with one attached hydrogen (secondary N) is 1. The maximum absolute atomic E-state index is 13.1. The van der Waals surface area contributed by atoms with Gasteiger partial charge in [0.25, 0.3) is 0 Å². The fraction of sp³-hybridized carbons (Fsp3) is 0.435. The van der Waals surface area contributed by atoms with Gasteiger partial charge in [0.05, 0.1) is 17.4 Å². The molecule has 0 bridgehead atoms. The highest BCUT2D eigenvalue weighted by Gasteiger charge is 2.33. The van der Waals surface area contributed by atoms with Gasteiger partial charge in [-0.3, -0.25) is 4.90 Å². The second-order valence-corrected chi connectivity index (χ2v) is 8.84. The van der Waals surface area contributed by atoms with Gasteiger partial charge < -0.3 is 19.9 Å². The number of rotatable bonds is 2. The van der Waals surface area contributed by atoms with Crippen molar-refractivity contribution in [3.8, 4) is 0 Å². The van der Waals surface area contributed by atoms with Crippen LogP contribution in [0.2, 0.25) is 0 Å². The molecule has 1 saturated heterocycles. The molecule has 0 aliphatic carbocycles. The maximum Gasteiger partial charge on any atom is 0.410 e. The average Bonchev–Trinajstić information content (AvgIpc) is 3.21. The van der Waals surface area contributed by atoms with E-state index in [1.165, 1.54) is 0 Å². The number of pyridine rings is 1. The zero-order valence-electron chi connectivity index (χ0n) is 18.2. The van der Waals surface area contributed by atoms with Crippen LogP contribution in [0.3, 0.4) is 0 Å². The van der Waals surface area contributed by atoms with Gasteiger partial charge in [-0.25, -0.2) is 14.6 Å². The van der Waals surface area contributed by atoms with Crippen molar-refractivity contribution in [2.45, 2.75) is 38.8 Å². The van der Waals surface area contributed by atoms with Crippen LogP contribution in [0.4, 0.5) is 26.8 Å². The highest BCUT2D eigenvalue weighted by Crippen LogP contribution is 2.36. The summed E-state index contributed by atoms with van der Waals surface area (Å²) in [5.41, 5.74) is 1.26. The van der Waals surface area contributed by atoms with Crippen LogP contribution in [0.15, 0.2) is 48.7 Å². The van der Waals surface area contributed by atoms with Gasteiger partial charge in [-0.1, -0.05) is 18.2 Å². The van der Waals surface area contributed by atoms with Crippen LogP contribution in [0.1, 0.15) is 27.2 Å². The summed E-state index contributed by atoms with van der Waals surface area (Å²) >= 11 is 0. The van der Waals surface area contributed by atoms with Gasteiger partial charge in [0.1, 0.15) is 11.4 Å². The van der Waals surface area contributed by atoms with E-state index in [1.54, 1.807) is 16.0 Å². The molecule has 2 aliphatic rings. The van der Waals surface area contributed by atoms with Crippen molar-refractivity contribution in [3.05, 3.63) is 48.7 Å². The van der Waals surface area contributed by atoms with Crippen molar-refractivity contribution < 1.29 is 14.3 Å². The van der Waals surface area contributed by atoms with E-state index in [0.717, 1.165) is 17.2 Å². The molecule has 2 aromatic rings. The topological polar surface area (TPSA) is 78.0 Å². The van der Waals surface area contributed by atoms with Gasteiger partial charge in [-0.15, -0.1) is 0 Å². The van der Waals surface area contributed by atoms with Crippen molar-refractivity contribution >= 4 is 29.3 Å². The van der Waals surface area contributed by atoms with Crippen LogP contribution >= 0.6 is 0 Å². The Bertz CT molecular complexity index is 944. The molecule has 2 aliphatic heterocycles. The molecule has 0 saturated carbocycles. The summed E-state index contributed by atoms with van der Waals surface area (Å²) in [4.78, 5) is 35.4. The lowest BCUT2D eigenvalue weighted by molar-refractivity contribution is 0.0291. The van der Waals surface area contributed by atoms with E-state index >= 15 is 0 Å². The minimum absolute atomic E-state index is 0.0963. The van der Waals surface area contributed by atoms with Crippen LogP contribution in [-0.2, 0) is 4.74 Å². The summed E-state index contributed by atoms with van der Waals surface area (Å²) in [6.45, 7) is 7.77.